The molecule has 0 fully saturated rings. The van der Waals surface area contributed by atoms with Gasteiger partial charge < -0.3 is 4.52 Å². The van der Waals surface area contributed by atoms with Crippen molar-refractivity contribution in [3.63, 3.8) is 0 Å². The maximum absolute atomic E-state index is 5.07. The minimum atomic E-state index is 0.670. The second-order valence-electron chi connectivity index (χ2n) is 2.53. The summed E-state index contributed by atoms with van der Waals surface area (Å²) >= 11 is 5.00. The molecule has 1 N–H and O–H groups in total. The molecule has 0 saturated carbocycles. The molecule has 56 valence electrons. The molecule has 2 rings (SSSR count). The van der Waals surface area contributed by atoms with Gasteiger partial charge in [0.25, 0.3) is 0 Å². The Labute approximate surface area is 68.8 Å². The van der Waals surface area contributed by atoms with Gasteiger partial charge in [-0.3, -0.25) is 0 Å². The van der Waals surface area contributed by atoms with E-state index in [0.717, 1.165) is 11.0 Å². The van der Waals surface area contributed by atoms with Crippen molar-refractivity contribution in [3.8, 4) is 0 Å². The lowest BCUT2D eigenvalue weighted by molar-refractivity contribution is 0.453. The van der Waals surface area contributed by atoms with E-state index >= 15 is 0 Å². The Bertz CT molecular complexity index is 441. The maximum Gasteiger partial charge on any atom is 0.165 e. The number of aromatic amines is 1. The molecule has 0 aliphatic carbocycles. The smallest absolute Gasteiger partial charge is 0.165 e. The van der Waals surface area contributed by atoms with E-state index in [0.29, 0.717) is 4.64 Å². The van der Waals surface area contributed by atoms with Crippen molar-refractivity contribution in [1.82, 2.24) is 5.16 Å². The fourth-order valence-corrected chi connectivity index (χ4v) is 1.27. The first-order valence-corrected chi connectivity index (χ1v) is 3.76. The van der Waals surface area contributed by atoms with Gasteiger partial charge >= 0.3 is 0 Å². The number of rotatable bonds is 0. The van der Waals surface area contributed by atoms with Crippen LogP contribution in [-0.2, 0) is 0 Å². The van der Waals surface area contributed by atoms with E-state index in [1.807, 2.05) is 25.1 Å². The third kappa shape index (κ3) is 0.973. The van der Waals surface area contributed by atoms with Crippen LogP contribution in [0.4, 0.5) is 0 Å². The van der Waals surface area contributed by atoms with Crippen molar-refractivity contribution in [2.45, 2.75) is 6.92 Å². The Hall–Kier alpha value is -1.09. The molecule has 3 heteroatoms. The summed E-state index contributed by atoms with van der Waals surface area (Å²) in [5, 5.41) is 3.63. The highest BCUT2D eigenvalue weighted by molar-refractivity contribution is 7.71. The van der Waals surface area contributed by atoms with Gasteiger partial charge in [-0.05, 0) is 19.1 Å². The monoisotopic (exact) mass is 165 g/mol. The van der Waals surface area contributed by atoms with E-state index in [2.05, 4.69) is 5.16 Å². The van der Waals surface area contributed by atoms with E-state index in [1.54, 1.807) is 0 Å². The van der Waals surface area contributed by atoms with E-state index in [1.165, 1.54) is 5.56 Å². The van der Waals surface area contributed by atoms with Gasteiger partial charge in [0.05, 0.1) is 5.39 Å². The number of H-pyrrole nitrogens is 1. The molecule has 0 unspecified atom stereocenters. The van der Waals surface area contributed by atoms with E-state index in [4.69, 9.17) is 16.7 Å². The van der Waals surface area contributed by atoms with E-state index in [9.17, 15) is 0 Å². The van der Waals surface area contributed by atoms with Crippen molar-refractivity contribution in [2.24, 2.45) is 0 Å². The lowest BCUT2D eigenvalue weighted by Gasteiger charge is -1.87. The molecule has 2 aromatic rings. The van der Waals surface area contributed by atoms with Crippen molar-refractivity contribution in [2.75, 3.05) is 0 Å². The van der Waals surface area contributed by atoms with Crippen LogP contribution in [0.5, 0.6) is 0 Å². The minimum absolute atomic E-state index is 0.670. The lowest BCUT2D eigenvalue weighted by atomic mass is 10.2. The number of aryl methyl sites for hydroxylation is 1. The molecule has 11 heavy (non-hydrogen) atoms. The van der Waals surface area contributed by atoms with Crippen molar-refractivity contribution in [3.05, 3.63) is 28.4 Å². The van der Waals surface area contributed by atoms with Gasteiger partial charge in [0.15, 0.2) is 5.58 Å². The van der Waals surface area contributed by atoms with Crippen LogP contribution in [0.15, 0.2) is 22.7 Å². The first-order chi connectivity index (χ1) is 5.27. The zero-order chi connectivity index (χ0) is 7.84. The molecule has 0 bridgehead atoms. The average molecular weight is 165 g/mol. The Morgan fingerprint density at radius 3 is 3.09 bits per heavy atom. The summed E-state index contributed by atoms with van der Waals surface area (Å²) in [6, 6.07) is 5.92. The molecular weight excluding hydrogens is 158 g/mol. The molecule has 1 aromatic heterocycles. The number of hydrogen-bond donors (Lipinski definition) is 1. The van der Waals surface area contributed by atoms with E-state index in [-0.39, 0.29) is 0 Å². The van der Waals surface area contributed by atoms with Crippen LogP contribution in [0.25, 0.3) is 11.0 Å². The number of fused-ring (bicyclic) bond motifs is 1. The zero-order valence-corrected chi connectivity index (χ0v) is 6.87. The first kappa shape index (κ1) is 6.61. The molecule has 0 radical (unpaired) electrons. The van der Waals surface area contributed by atoms with Gasteiger partial charge in [-0.25, -0.2) is 5.16 Å². The standard InChI is InChI=1S/C8H7NOS/c1-5-2-3-7-6(4-5)8(11)9-10-7/h2-4H,1H3,(H,9,11). The molecule has 1 heterocycles. The predicted octanol–water partition coefficient (Wildman–Crippen LogP) is 2.80. The van der Waals surface area contributed by atoms with Crippen LogP contribution < -0.4 is 0 Å². The van der Waals surface area contributed by atoms with Gasteiger partial charge in [0, 0.05) is 0 Å². The fourth-order valence-electron chi connectivity index (χ4n) is 1.07. The van der Waals surface area contributed by atoms with Crippen LogP contribution >= 0.6 is 12.2 Å². The Morgan fingerprint density at radius 2 is 2.27 bits per heavy atom. The second-order valence-corrected chi connectivity index (χ2v) is 2.94. The SMILES string of the molecule is Cc1ccc2o[nH]c(=S)c2c1. The van der Waals surface area contributed by atoms with Crippen molar-refractivity contribution >= 4 is 23.2 Å². The van der Waals surface area contributed by atoms with Crippen LogP contribution in [0.3, 0.4) is 0 Å². The molecule has 0 spiro atoms. The van der Waals surface area contributed by atoms with Gasteiger partial charge in [-0.15, -0.1) is 0 Å². The predicted molar refractivity (Wildman–Crippen MR) is 46.1 cm³/mol. The van der Waals surface area contributed by atoms with Crippen LogP contribution in [0, 0.1) is 11.6 Å². The number of hydrogen-bond acceptors (Lipinski definition) is 2. The summed E-state index contributed by atoms with van der Waals surface area (Å²) in [5.74, 6) is 0. The summed E-state index contributed by atoms with van der Waals surface area (Å²) < 4.78 is 5.74. The number of benzene rings is 1. The molecule has 2 nitrogen and oxygen atoms in total. The largest absolute Gasteiger partial charge is 0.381 e. The third-order valence-electron chi connectivity index (χ3n) is 1.63. The third-order valence-corrected chi connectivity index (χ3v) is 1.94. The number of aromatic nitrogens is 1. The maximum atomic E-state index is 5.07. The van der Waals surface area contributed by atoms with Gasteiger partial charge in [-0.1, -0.05) is 23.8 Å². The highest BCUT2D eigenvalue weighted by Crippen LogP contribution is 2.15. The zero-order valence-electron chi connectivity index (χ0n) is 6.05. The molecule has 0 atom stereocenters. The minimum Gasteiger partial charge on any atom is -0.381 e. The molecule has 0 aliphatic rings. The molecule has 0 amide bonds. The summed E-state index contributed by atoms with van der Waals surface area (Å²) in [7, 11) is 0. The summed E-state index contributed by atoms with van der Waals surface area (Å²) in [4.78, 5) is 0. The topological polar surface area (TPSA) is 28.9 Å². The van der Waals surface area contributed by atoms with Crippen molar-refractivity contribution in [1.29, 1.82) is 0 Å². The molecule has 1 aromatic carbocycles. The Kier molecular flexibility index (Phi) is 1.32. The molecule has 0 saturated heterocycles. The summed E-state index contributed by atoms with van der Waals surface area (Å²) in [6.07, 6.45) is 0. The number of nitrogens with one attached hydrogen (secondary N) is 1. The highest BCUT2D eigenvalue weighted by atomic mass is 32.1. The Balaban J connectivity index is 2.99. The second kappa shape index (κ2) is 2.20. The van der Waals surface area contributed by atoms with Gasteiger partial charge in [-0.2, -0.15) is 0 Å². The summed E-state index contributed by atoms with van der Waals surface area (Å²) in [5.41, 5.74) is 2.01. The van der Waals surface area contributed by atoms with Gasteiger partial charge in [0.2, 0.25) is 0 Å². The molecule has 0 aliphatic heterocycles. The van der Waals surface area contributed by atoms with Crippen LogP contribution in [-0.4, -0.2) is 5.16 Å². The van der Waals surface area contributed by atoms with Crippen molar-refractivity contribution < 1.29 is 4.52 Å². The lowest BCUT2D eigenvalue weighted by Crippen LogP contribution is -1.69. The normalized spacial score (nSPS) is 10.6. The van der Waals surface area contributed by atoms with Gasteiger partial charge in [0.1, 0.15) is 4.64 Å². The van der Waals surface area contributed by atoms with Crippen LogP contribution in [0.2, 0.25) is 0 Å². The summed E-state index contributed by atoms with van der Waals surface area (Å²) in [6.45, 7) is 2.03. The molecular formula is C8H7NOS. The van der Waals surface area contributed by atoms with E-state index < -0.39 is 0 Å². The first-order valence-electron chi connectivity index (χ1n) is 3.35. The average Bonchev–Trinajstić information content (AvgIpc) is 2.33. The highest BCUT2D eigenvalue weighted by Gasteiger charge is 1.98. The quantitative estimate of drug-likeness (QED) is 0.608. The Morgan fingerprint density at radius 1 is 1.45 bits per heavy atom. The van der Waals surface area contributed by atoms with Crippen LogP contribution in [0.1, 0.15) is 5.56 Å². The fraction of sp³-hybridized carbons (Fsp3) is 0.125.